The zero-order chi connectivity index (χ0) is 19.4. The largest absolute Gasteiger partial charge is 0.372 e. The Balaban J connectivity index is 1.57. The van der Waals surface area contributed by atoms with Crippen molar-refractivity contribution in [3.8, 4) is 0 Å². The molecule has 27 heavy (non-hydrogen) atoms. The first-order valence-corrected chi connectivity index (χ1v) is 9.70. The van der Waals surface area contributed by atoms with Gasteiger partial charge in [0.2, 0.25) is 0 Å². The third kappa shape index (κ3) is 5.16. The average Bonchev–Trinajstić information content (AvgIpc) is 2.65. The second-order valence-corrected chi connectivity index (χ2v) is 7.61. The van der Waals surface area contributed by atoms with E-state index in [1.807, 2.05) is 6.92 Å². The third-order valence-electron chi connectivity index (χ3n) is 5.07. The first kappa shape index (κ1) is 19.5. The Hall–Kier alpha value is -2.21. The standard InChI is InChI=1S/C21H25F2N3S/c1-14-9-11-26(12-10-14)18-6-3-16(4-7-18)15(2)24-21(27)25-20-8-5-17(22)13-19(20)23/h3-8,13-15H,9-12H2,1-2H3,(H2,24,25,27)/t15-/m1/s1. The average molecular weight is 390 g/mol. The maximum atomic E-state index is 13.7. The molecule has 0 spiro atoms. The number of benzene rings is 2. The molecule has 3 nitrogen and oxygen atoms in total. The summed E-state index contributed by atoms with van der Waals surface area (Å²) in [6.07, 6.45) is 2.47. The summed E-state index contributed by atoms with van der Waals surface area (Å²) in [7, 11) is 0. The summed E-state index contributed by atoms with van der Waals surface area (Å²) in [4.78, 5) is 2.42. The SMILES string of the molecule is CC1CCN(c2ccc([C@@H](C)NC(=S)Nc3ccc(F)cc3F)cc2)CC1. The predicted octanol–water partition coefficient (Wildman–Crippen LogP) is 5.25. The van der Waals surface area contributed by atoms with Crippen LogP contribution in [0, 0.1) is 17.6 Å². The molecule has 0 bridgehead atoms. The van der Waals surface area contributed by atoms with Gasteiger partial charge in [0.05, 0.1) is 11.7 Å². The molecule has 2 aromatic carbocycles. The van der Waals surface area contributed by atoms with Gasteiger partial charge in [0, 0.05) is 24.8 Å². The van der Waals surface area contributed by atoms with Crippen LogP contribution in [0.1, 0.15) is 38.3 Å². The Morgan fingerprint density at radius 2 is 1.78 bits per heavy atom. The lowest BCUT2D eigenvalue weighted by Gasteiger charge is -2.32. The highest BCUT2D eigenvalue weighted by atomic mass is 32.1. The Morgan fingerprint density at radius 3 is 2.41 bits per heavy atom. The van der Waals surface area contributed by atoms with Gasteiger partial charge >= 0.3 is 0 Å². The smallest absolute Gasteiger partial charge is 0.171 e. The minimum absolute atomic E-state index is 0.0380. The van der Waals surface area contributed by atoms with Crippen LogP contribution in [-0.4, -0.2) is 18.2 Å². The molecule has 0 aliphatic carbocycles. The fourth-order valence-corrected chi connectivity index (χ4v) is 3.56. The molecule has 144 valence electrons. The van der Waals surface area contributed by atoms with Crippen LogP contribution >= 0.6 is 12.2 Å². The van der Waals surface area contributed by atoms with Crippen molar-refractivity contribution in [3.05, 3.63) is 59.7 Å². The lowest BCUT2D eigenvalue weighted by Crippen LogP contribution is -2.33. The fourth-order valence-electron chi connectivity index (χ4n) is 3.27. The lowest BCUT2D eigenvalue weighted by molar-refractivity contribution is 0.438. The Kier molecular flexibility index (Phi) is 6.26. The van der Waals surface area contributed by atoms with Gasteiger partial charge in [-0.1, -0.05) is 19.1 Å². The minimum Gasteiger partial charge on any atom is -0.372 e. The number of halogens is 2. The van der Waals surface area contributed by atoms with E-state index in [1.165, 1.54) is 30.7 Å². The fraction of sp³-hybridized carbons (Fsp3) is 0.381. The van der Waals surface area contributed by atoms with Gasteiger partial charge in [0.15, 0.2) is 5.11 Å². The first-order valence-electron chi connectivity index (χ1n) is 9.30. The maximum absolute atomic E-state index is 13.7. The van der Waals surface area contributed by atoms with E-state index in [0.29, 0.717) is 5.11 Å². The molecule has 0 amide bonds. The third-order valence-corrected chi connectivity index (χ3v) is 5.29. The van der Waals surface area contributed by atoms with Crippen LogP contribution in [0.3, 0.4) is 0 Å². The topological polar surface area (TPSA) is 27.3 Å². The quantitative estimate of drug-likeness (QED) is 0.699. The van der Waals surface area contributed by atoms with E-state index < -0.39 is 11.6 Å². The van der Waals surface area contributed by atoms with Crippen molar-refractivity contribution >= 4 is 28.7 Å². The second kappa shape index (κ2) is 8.65. The van der Waals surface area contributed by atoms with Gasteiger partial charge < -0.3 is 15.5 Å². The number of rotatable bonds is 4. The molecule has 3 rings (SSSR count). The zero-order valence-corrected chi connectivity index (χ0v) is 16.5. The van der Waals surface area contributed by atoms with Gasteiger partial charge in [0.25, 0.3) is 0 Å². The molecule has 1 saturated heterocycles. The molecule has 0 radical (unpaired) electrons. The van der Waals surface area contributed by atoms with Crippen molar-refractivity contribution in [2.75, 3.05) is 23.3 Å². The molecule has 1 atom stereocenters. The number of anilines is 2. The molecule has 1 heterocycles. The van der Waals surface area contributed by atoms with Crippen LogP contribution in [-0.2, 0) is 0 Å². The highest BCUT2D eigenvalue weighted by molar-refractivity contribution is 7.80. The minimum atomic E-state index is -0.674. The van der Waals surface area contributed by atoms with E-state index in [4.69, 9.17) is 12.2 Å². The summed E-state index contributed by atoms with van der Waals surface area (Å²) in [5.74, 6) is -0.482. The molecule has 2 N–H and O–H groups in total. The molecular weight excluding hydrogens is 364 g/mol. The number of hydrogen-bond acceptors (Lipinski definition) is 2. The van der Waals surface area contributed by atoms with Gasteiger partial charge in [0.1, 0.15) is 11.6 Å². The van der Waals surface area contributed by atoms with E-state index >= 15 is 0 Å². The Labute approximate surface area is 164 Å². The Bertz CT molecular complexity index is 787. The molecule has 1 aliphatic rings. The number of thiocarbonyl (C=S) groups is 1. The number of piperidine rings is 1. The monoisotopic (exact) mass is 389 g/mol. The highest BCUT2D eigenvalue weighted by Gasteiger charge is 2.16. The van der Waals surface area contributed by atoms with Crippen LogP contribution in [0.4, 0.5) is 20.2 Å². The molecule has 1 fully saturated rings. The van der Waals surface area contributed by atoms with E-state index in [2.05, 4.69) is 46.7 Å². The van der Waals surface area contributed by atoms with Crippen LogP contribution in [0.15, 0.2) is 42.5 Å². The molecule has 2 aromatic rings. The van der Waals surface area contributed by atoms with Crippen LogP contribution in [0.25, 0.3) is 0 Å². The number of nitrogens with zero attached hydrogens (tertiary/aromatic N) is 1. The summed E-state index contributed by atoms with van der Waals surface area (Å²) in [5, 5.41) is 6.21. The van der Waals surface area contributed by atoms with Crippen LogP contribution < -0.4 is 15.5 Å². The van der Waals surface area contributed by atoms with Crippen molar-refractivity contribution in [3.63, 3.8) is 0 Å². The van der Waals surface area contributed by atoms with Crippen LogP contribution in [0.5, 0.6) is 0 Å². The summed E-state index contributed by atoms with van der Waals surface area (Å²) >= 11 is 5.25. The summed E-state index contributed by atoms with van der Waals surface area (Å²) in [6, 6.07) is 11.8. The normalized spacial score (nSPS) is 16.1. The van der Waals surface area contributed by atoms with Crippen molar-refractivity contribution in [2.45, 2.75) is 32.7 Å². The molecule has 1 aliphatic heterocycles. The highest BCUT2D eigenvalue weighted by Crippen LogP contribution is 2.24. The molecule has 0 unspecified atom stereocenters. The predicted molar refractivity (Wildman–Crippen MR) is 111 cm³/mol. The number of nitrogens with one attached hydrogen (secondary N) is 2. The van der Waals surface area contributed by atoms with E-state index in [0.717, 1.165) is 30.6 Å². The van der Waals surface area contributed by atoms with Gasteiger partial charge in [-0.25, -0.2) is 8.78 Å². The zero-order valence-electron chi connectivity index (χ0n) is 15.6. The van der Waals surface area contributed by atoms with Gasteiger partial charge in [-0.15, -0.1) is 0 Å². The maximum Gasteiger partial charge on any atom is 0.171 e. The molecule has 6 heteroatoms. The summed E-state index contributed by atoms with van der Waals surface area (Å²) in [6.45, 7) is 6.51. The van der Waals surface area contributed by atoms with Gasteiger partial charge in [-0.05, 0) is 67.7 Å². The van der Waals surface area contributed by atoms with E-state index in [-0.39, 0.29) is 11.7 Å². The van der Waals surface area contributed by atoms with E-state index in [9.17, 15) is 8.78 Å². The summed E-state index contributed by atoms with van der Waals surface area (Å²) in [5.41, 5.74) is 2.48. The summed E-state index contributed by atoms with van der Waals surface area (Å²) < 4.78 is 26.7. The molecule has 0 saturated carbocycles. The van der Waals surface area contributed by atoms with Crippen LogP contribution in [0.2, 0.25) is 0 Å². The van der Waals surface area contributed by atoms with Gasteiger partial charge in [-0.3, -0.25) is 0 Å². The van der Waals surface area contributed by atoms with E-state index in [1.54, 1.807) is 0 Å². The van der Waals surface area contributed by atoms with Gasteiger partial charge in [-0.2, -0.15) is 0 Å². The van der Waals surface area contributed by atoms with Crippen molar-refractivity contribution in [1.82, 2.24) is 5.32 Å². The molecule has 0 aromatic heterocycles. The van der Waals surface area contributed by atoms with Crippen molar-refractivity contribution < 1.29 is 8.78 Å². The van der Waals surface area contributed by atoms with Crippen molar-refractivity contribution in [1.29, 1.82) is 0 Å². The number of hydrogen-bond donors (Lipinski definition) is 2. The molecular formula is C21H25F2N3S. The lowest BCUT2D eigenvalue weighted by atomic mass is 9.98. The second-order valence-electron chi connectivity index (χ2n) is 7.21. The Morgan fingerprint density at radius 1 is 1.11 bits per heavy atom. The van der Waals surface area contributed by atoms with Crippen molar-refractivity contribution in [2.24, 2.45) is 5.92 Å². The first-order chi connectivity index (χ1) is 12.9.